The summed E-state index contributed by atoms with van der Waals surface area (Å²) in [5, 5.41) is 5.06. The summed E-state index contributed by atoms with van der Waals surface area (Å²) in [5.41, 5.74) is 23.5. The minimum Gasteiger partial charge on any atom is -0.0871 e. The first-order valence-corrected chi connectivity index (χ1v) is 25.1. The van der Waals surface area contributed by atoms with Gasteiger partial charge in [0.15, 0.2) is 0 Å². The SMILES string of the molecule is CC=Cc1ccc(-c2c(C)c(Cc3ccc(C(=Cc4ccc(-c5ccc(C=C(c6ccccc6)c6ccccc6)cc5)cc4)c4ccccc4)cc3)c(-c3ccc4ccccc4c3)c3ccccc23)cc1C. The van der Waals surface area contributed by atoms with Gasteiger partial charge in [0, 0.05) is 0 Å². The molecule has 0 atom stereocenters. The van der Waals surface area contributed by atoms with Crippen LogP contribution >= 0.6 is 0 Å². The number of aryl methyl sites for hydroxylation is 1. The van der Waals surface area contributed by atoms with Crippen LogP contribution in [-0.4, -0.2) is 0 Å². The molecule has 0 saturated heterocycles. The predicted octanol–water partition coefficient (Wildman–Crippen LogP) is 19.4. The van der Waals surface area contributed by atoms with E-state index in [4.69, 9.17) is 0 Å². The van der Waals surface area contributed by atoms with Crippen molar-refractivity contribution in [2.45, 2.75) is 27.2 Å². The van der Waals surface area contributed by atoms with E-state index in [1.165, 1.54) is 122 Å². The van der Waals surface area contributed by atoms with Crippen molar-refractivity contribution in [1.29, 1.82) is 0 Å². The summed E-state index contributed by atoms with van der Waals surface area (Å²) in [7, 11) is 0. The summed E-state index contributed by atoms with van der Waals surface area (Å²) >= 11 is 0. The lowest BCUT2D eigenvalue weighted by Crippen LogP contribution is -2.01. The maximum Gasteiger partial charge on any atom is -0.00165 e. The van der Waals surface area contributed by atoms with Crippen LogP contribution in [0.1, 0.15) is 68.1 Å². The Morgan fingerprint density at radius 2 is 0.819 bits per heavy atom. The van der Waals surface area contributed by atoms with Gasteiger partial charge in [0.05, 0.1) is 0 Å². The molecule has 0 spiro atoms. The summed E-state index contributed by atoms with van der Waals surface area (Å²) < 4.78 is 0. The minimum absolute atomic E-state index is 0.798. The quantitative estimate of drug-likeness (QED) is 0.107. The van der Waals surface area contributed by atoms with E-state index < -0.39 is 0 Å². The third kappa shape index (κ3) is 9.56. The van der Waals surface area contributed by atoms with Gasteiger partial charge in [-0.2, -0.15) is 0 Å². The average molecular weight is 921 g/mol. The van der Waals surface area contributed by atoms with Crippen LogP contribution in [0.15, 0.2) is 255 Å². The van der Waals surface area contributed by atoms with Crippen molar-refractivity contribution in [1.82, 2.24) is 0 Å². The number of hydrogen-bond donors (Lipinski definition) is 0. The average Bonchev–Trinajstić information content (AvgIpc) is 3.44. The van der Waals surface area contributed by atoms with Gasteiger partial charge in [-0.3, -0.25) is 0 Å². The molecule has 0 heteroatoms. The molecule has 0 bridgehead atoms. The third-order valence-corrected chi connectivity index (χ3v) is 14.2. The Hall–Kier alpha value is -8.84. The molecule has 0 aliphatic heterocycles. The van der Waals surface area contributed by atoms with Crippen molar-refractivity contribution >= 4 is 50.9 Å². The van der Waals surface area contributed by atoms with Crippen LogP contribution < -0.4 is 0 Å². The lowest BCUT2D eigenvalue weighted by molar-refractivity contribution is 1.17. The van der Waals surface area contributed by atoms with Gasteiger partial charge in [-0.25, -0.2) is 0 Å². The molecule has 344 valence electrons. The van der Waals surface area contributed by atoms with Gasteiger partial charge in [0.2, 0.25) is 0 Å². The number of benzene rings is 11. The van der Waals surface area contributed by atoms with Crippen molar-refractivity contribution in [3.8, 4) is 33.4 Å². The molecule has 0 saturated carbocycles. The highest BCUT2D eigenvalue weighted by Gasteiger charge is 2.21. The Balaban J connectivity index is 0.930. The summed E-state index contributed by atoms with van der Waals surface area (Å²) in [6.07, 6.45) is 9.74. The topological polar surface area (TPSA) is 0 Å². The fraction of sp³-hybridized carbons (Fsp3) is 0.0556. The fourth-order valence-corrected chi connectivity index (χ4v) is 10.5. The second-order valence-electron chi connectivity index (χ2n) is 18.9. The van der Waals surface area contributed by atoms with Crippen molar-refractivity contribution in [3.63, 3.8) is 0 Å². The first-order chi connectivity index (χ1) is 35.5. The fourth-order valence-electron chi connectivity index (χ4n) is 10.5. The maximum absolute atomic E-state index is 2.38. The molecule has 0 fully saturated rings. The first kappa shape index (κ1) is 45.6. The lowest BCUT2D eigenvalue weighted by atomic mass is 9.81. The van der Waals surface area contributed by atoms with Crippen molar-refractivity contribution in [3.05, 3.63) is 316 Å². The first-order valence-electron chi connectivity index (χ1n) is 25.1. The Labute approximate surface area is 425 Å². The monoisotopic (exact) mass is 920 g/mol. The van der Waals surface area contributed by atoms with E-state index in [0.717, 1.165) is 12.0 Å². The molecule has 11 aromatic carbocycles. The van der Waals surface area contributed by atoms with Crippen LogP contribution in [0.25, 0.3) is 84.3 Å². The summed E-state index contributed by atoms with van der Waals surface area (Å²) in [6, 6.07) is 90.9. The van der Waals surface area contributed by atoms with Crippen LogP contribution in [0.2, 0.25) is 0 Å². The normalized spacial score (nSPS) is 11.6. The van der Waals surface area contributed by atoms with E-state index in [0.29, 0.717) is 0 Å². The summed E-state index contributed by atoms with van der Waals surface area (Å²) in [6.45, 7) is 6.65. The lowest BCUT2D eigenvalue weighted by Gasteiger charge is -2.22. The maximum atomic E-state index is 2.38. The number of hydrogen-bond acceptors (Lipinski definition) is 0. The highest BCUT2D eigenvalue weighted by atomic mass is 14.2. The van der Waals surface area contributed by atoms with Gasteiger partial charge in [0.1, 0.15) is 0 Å². The van der Waals surface area contributed by atoms with E-state index in [1.807, 2.05) is 0 Å². The number of fused-ring (bicyclic) bond motifs is 2. The molecule has 11 rings (SSSR count). The number of rotatable bonds is 12. The van der Waals surface area contributed by atoms with Gasteiger partial charge in [0.25, 0.3) is 0 Å². The molecule has 0 aliphatic carbocycles. The molecule has 0 unspecified atom stereocenters. The zero-order valence-corrected chi connectivity index (χ0v) is 41.2. The molecule has 0 heterocycles. The molecule has 72 heavy (non-hydrogen) atoms. The highest BCUT2D eigenvalue weighted by molar-refractivity contribution is 6.09. The minimum atomic E-state index is 0.798. The molecule has 0 nitrogen and oxygen atoms in total. The second-order valence-corrected chi connectivity index (χ2v) is 18.9. The van der Waals surface area contributed by atoms with Gasteiger partial charge >= 0.3 is 0 Å². The van der Waals surface area contributed by atoms with Gasteiger partial charge in [-0.15, -0.1) is 0 Å². The van der Waals surface area contributed by atoms with Crippen LogP contribution in [0.3, 0.4) is 0 Å². The van der Waals surface area contributed by atoms with Crippen LogP contribution in [0.4, 0.5) is 0 Å². The number of allylic oxidation sites excluding steroid dienone is 1. The zero-order chi connectivity index (χ0) is 48.8. The summed E-state index contributed by atoms with van der Waals surface area (Å²) in [5.74, 6) is 0. The van der Waals surface area contributed by atoms with E-state index in [1.54, 1.807) is 0 Å². The molecular weight excluding hydrogens is 865 g/mol. The predicted molar refractivity (Wildman–Crippen MR) is 311 cm³/mol. The Morgan fingerprint density at radius 3 is 1.35 bits per heavy atom. The van der Waals surface area contributed by atoms with Crippen molar-refractivity contribution < 1.29 is 0 Å². The molecule has 0 radical (unpaired) electrons. The van der Waals surface area contributed by atoms with E-state index in [2.05, 4.69) is 294 Å². The molecule has 0 aromatic heterocycles. The molecule has 0 N–H and O–H groups in total. The highest BCUT2D eigenvalue weighted by Crippen LogP contribution is 2.44. The molecular formula is C72H56. The van der Waals surface area contributed by atoms with Crippen LogP contribution in [-0.2, 0) is 6.42 Å². The van der Waals surface area contributed by atoms with E-state index in [9.17, 15) is 0 Å². The van der Waals surface area contributed by atoms with Crippen LogP contribution in [0.5, 0.6) is 0 Å². The second kappa shape index (κ2) is 20.6. The Morgan fingerprint density at radius 1 is 0.375 bits per heavy atom. The standard InChI is InChI=1S/C72H56/c1-4-18-55-41-43-64(45-50(55)2)71-51(3)68(72(67-28-17-16-27-66(67)71)65-44-42-56-19-14-15-26-63(56)49-65)46-52-33-39-62(40-34-52)70(61-24-12-7-13-25-61)48-54-31-37-58(38-32-54)57-35-29-53(30-36-57)47-69(59-20-8-5-9-21-59)60-22-10-6-11-23-60/h4-45,47-49H,46H2,1-3H3. The Kier molecular flexibility index (Phi) is 13.1. The third-order valence-electron chi connectivity index (χ3n) is 14.2. The van der Waals surface area contributed by atoms with E-state index >= 15 is 0 Å². The van der Waals surface area contributed by atoms with Crippen LogP contribution in [0, 0.1) is 13.8 Å². The molecule has 0 amide bonds. The largest absolute Gasteiger partial charge is 0.0871 e. The zero-order valence-electron chi connectivity index (χ0n) is 41.2. The van der Waals surface area contributed by atoms with Crippen molar-refractivity contribution in [2.75, 3.05) is 0 Å². The summed E-state index contributed by atoms with van der Waals surface area (Å²) in [4.78, 5) is 0. The van der Waals surface area contributed by atoms with E-state index in [-0.39, 0.29) is 0 Å². The smallest absolute Gasteiger partial charge is 0.00165 e. The molecule has 0 aliphatic rings. The molecule has 11 aromatic rings. The van der Waals surface area contributed by atoms with Gasteiger partial charge < -0.3 is 0 Å². The van der Waals surface area contributed by atoms with Gasteiger partial charge in [-0.1, -0.05) is 255 Å². The Bertz CT molecular complexity index is 3740. The van der Waals surface area contributed by atoms with Crippen molar-refractivity contribution in [2.24, 2.45) is 0 Å². The van der Waals surface area contributed by atoms with Gasteiger partial charge in [-0.05, 0) is 173 Å².